The van der Waals surface area contributed by atoms with E-state index in [0.29, 0.717) is 17.7 Å². The summed E-state index contributed by atoms with van der Waals surface area (Å²) in [5.41, 5.74) is 8.35. The molecule has 0 amide bonds. The molecule has 1 saturated carbocycles. The number of nitrogens with zero attached hydrogens (tertiary/aromatic N) is 4. The Morgan fingerprint density at radius 1 is 1.04 bits per heavy atom. The number of benzene rings is 1. The molecular formula is C17H19N5O. The van der Waals surface area contributed by atoms with Gasteiger partial charge in [-0.25, -0.2) is 0 Å². The van der Waals surface area contributed by atoms with E-state index >= 15 is 0 Å². The smallest absolute Gasteiger partial charge is 0.230 e. The first kappa shape index (κ1) is 14.3. The van der Waals surface area contributed by atoms with Crippen molar-refractivity contribution in [3.8, 4) is 11.4 Å². The van der Waals surface area contributed by atoms with Crippen LogP contribution in [0.1, 0.15) is 37.5 Å². The summed E-state index contributed by atoms with van der Waals surface area (Å²) >= 11 is 0. The molecule has 2 aromatic heterocycles. The third-order valence-corrected chi connectivity index (χ3v) is 4.70. The predicted molar refractivity (Wildman–Crippen MR) is 86.6 cm³/mol. The third kappa shape index (κ3) is 2.82. The van der Waals surface area contributed by atoms with Crippen LogP contribution in [0.15, 0.2) is 35.1 Å². The molecule has 0 unspecified atom stereocenters. The molecule has 23 heavy (non-hydrogen) atoms. The zero-order valence-electron chi connectivity index (χ0n) is 12.9. The van der Waals surface area contributed by atoms with Crippen molar-refractivity contribution in [2.24, 2.45) is 11.7 Å². The molecule has 0 saturated heterocycles. The number of hydrogen-bond acceptors (Lipinski definition) is 6. The molecule has 1 fully saturated rings. The number of hydrogen-bond donors (Lipinski definition) is 1. The van der Waals surface area contributed by atoms with Crippen LogP contribution in [0.3, 0.4) is 0 Å². The number of rotatable bonds is 3. The van der Waals surface area contributed by atoms with Crippen molar-refractivity contribution in [3.63, 3.8) is 0 Å². The van der Waals surface area contributed by atoms with Gasteiger partial charge in [-0.1, -0.05) is 5.16 Å². The van der Waals surface area contributed by atoms with Gasteiger partial charge in [0.05, 0.1) is 11.0 Å². The Morgan fingerprint density at radius 3 is 2.61 bits per heavy atom. The van der Waals surface area contributed by atoms with Crippen LogP contribution in [-0.4, -0.2) is 26.7 Å². The van der Waals surface area contributed by atoms with E-state index < -0.39 is 0 Å². The fraction of sp³-hybridized carbons (Fsp3) is 0.412. The van der Waals surface area contributed by atoms with Crippen LogP contribution in [0, 0.1) is 5.92 Å². The van der Waals surface area contributed by atoms with Gasteiger partial charge in [-0.15, -0.1) is 0 Å². The van der Waals surface area contributed by atoms with Gasteiger partial charge in [0, 0.05) is 23.9 Å². The van der Waals surface area contributed by atoms with E-state index in [9.17, 15) is 0 Å². The van der Waals surface area contributed by atoms with E-state index in [1.807, 2.05) is 18.2 Å². The summed E-state index contributed by atoms with van der Waals surface area (Å²) in [5, 5.41) is 4.15. The molecule has 6 nitrogen and oxygen atoms in total. The van der Waals surface area contributed by atoms with Gasteiger partial charge in [0.2, 0.25) is 11.7 Å². The Bertz CT molecular complexity index is 807. The molecule has 0 radical (unpaired) electrons. The maximum absolute atomic E-state index is 5.75. The van der Waals surface area contributed by atoms with E-state index in [1.165, 1.54) is 0 Å². The third-order valence-electron chi connectivity index (χ3n) is 4.70. The molecule has 2 N–H and O–H groups in total. The van der Waals surface area contributed by atoms with Crippen molar-refractivity contribution in [2.45, 2.75) is 31.6 Å². The number of fused-ring (bicyclic) bond motifs is 1. The molecule has 4 rings (SSSR count). The molecule has 6 heteroatoms. The van der Waals surface area contributed by atoms with Gasteiger partial charge in [-0.2, -0.15) is 4.98 Å². The van der Waals surface area contributed by atoms with Gasteiger partial charge in [-0.3, -0.25) is 9.97 Å². The topological polar surface area (TPSA) is 90.7 Å². The first-order valence-electron chi connectivity index (χ1n) is 8.08. The highest BCUT2D eigenvalue weighted by molar-refractivity contribution is 5.79. The molecule has 0 aliphatic heterocycles. The van der Waals surface area contributed by atoms with Crippen molar-refractivity contribution in [3.05, 3.63) is 36.5 Å². The van der Waals surface area contributed by atoms with Crippen LogP contribution in [0.25, 0.3) is 22.4 Å². The van der Waals surface area contributed by atoms with Crippen molar-refractivity contribution in [2.75, 3.05) is 6.54 Å². The molecule has 0 bridgehead atoms. The lowest BCUT2D eigenvalue weighted by atomic mass is 9.82. The Morgan fingerprint density at radius 2 is 1.83 bits per heavy atom. The number of aromatic nitrogens is 4. The van der Waals surface area contributed by atoms with E-state index in [4.69, 9.17) is 10.3 Å². The van der Waals surface area contributed by atoms with E-state index in [-0.39, 0.29) is 0 Å². The van der Waals surface area contributed by atoms with E-state index in [0.717, 1.165) is 54.7 Å². The van der Waals surface area contributed by atoms with Crippen LogP contribution in [-0.2, 0) is 0 Å². The normalized spacial score (nSPS) is 21.6. The highest BCUT2D eigenvalue weighted by Crippen LogP contribution is 2.35. The average molecular weight is 309 g/mol. The van der Waals surface area contributed by atoms with Crippen LogP contribution >= 0.6 is 0 Å². The summed E-state index contributed by atoms with van der Waals surface area (Å²) in [5.74, 6) is 2.37. The Balaban J connectivity index is 1.57. The minimum Gasteiger partial charge on any atom is -0.339 e. The van der Waals surface area contributed by atoms with Crippen molar-refractivity contribution >= 4 is 11.0 Å². The lowest BCUT2D eigenvalue weighted by Gasteiger charge is -2.24. The summed E-state index contributed by atoms with van der Waals surface area (Å²) < 4.78 is 5.51. The maximum atomic E-state index is 5.75. The van der Waals surface area contributed by atoms with Crippen molar-refractivity contribution in [1.82, 2.24) is 20.1 Å². The molecule has 2 heterocycles. The number of nitrogens with two attached hydrogens (primary N) is 1. The SMILES string of the molecule is NCC1CCC(c2nc(-c3ccc4nccnc4c3)no2)CC1. The Kier molecular flexibility index (Phi) is 3.75. The van der Waals surface area contributed by atoms with E-state index in [1.54, 1.807) is 12.4 Å². The van der Waals surface area contributed by atoms with Crippen LogP contribution in [0.2, 0.25) is 0 Å². The highest BCUT2D eigenvalue weighted by atomic mass is 16.5. The fourth-order valence-corrected chi connectivity index (χ4v) is 3.27. The summed E-state index contributed by atoms with van der Waals surface area (Å²) in [6, 6.07) is 5.83. The minimum atomic E-state index is 0.360. The Labute approximate surface area is 134 Å². The van der Waals surface area contributed by atoms with Gasteiger partial charge in [0.15, 0.2) is 0 Å². The first-order chi connectivity index (χ1) is 11.3. The molecule has 1 aliphatic carbocycles. The van der Waals surface area contributed by atoms with Gasteiger partial charge >= 0.3 is 0 Å². The monoisotopic (exact) mass is 309 g/mol. The molecule has 1 aromatic carbocycles. The summed E-state index contributed by atoms with van der Waals surface area (Å²) in [4.78, 5) is 13.2. The van der Waals surface area contributed by atoms with Crippen molar-refractivity contribution in [1.29, 1.82) is 0 Å². The molecule has 118 valence electrons. The second-order valence-corrected chi connectivity index (χ2v) is 6.17. The fourth-order valence-electron chi connectivity index (χ4n) is 3.27. The predicted octanol–water partition coefficient (Wildman–Crippen LogP) is 2.91. The van der Waals surface area contributed by atoms with Gasteiger partial charge < -0.3 is 10.3 Å². The zero-order valence-corrected chi connectivity index (χ0v) is 12.9. The highest BCUT2D eigenvalue weighted by Gasteiger charge is 2.26. The lowest BCUT2D eigenvalue weighted by molar-refractivity contribution is 0.275. The lowest BCUT2D eigenvalue weighted by Crippen LogP contribution is -2.20. The first-order valence-corrected chi connectivity index (χ1v) is 8.08. The van der Waals surface area contributed by atoms with Crippen LogP contribution in [0.5, 0.6) is 0 Å². The second kappa shape index (κ2) is 6.04. The maximum Gasteiger partial charge on any atom is 0.230 e. The Hall–Kier alpha value is -2.34. The second-order valence-electron chi connectivity index (χ2n) is 6.17. The standard InChI is InChI=1S/C17H19N5O/c18-10-11-1-3-12(4-2-11)17-21-16(22-23-17)13-5-6-14-15(9-13)20-8-7-19-14/h5-9,11-12H,1-4,10,18H2. The largest absolute Gasteiger partial charge is 0.339 e. The van der Waals surface area contributed by atoms with Crippen LogP contribution < -0.4 is 5.73 Å². The van der Waals surface area contributed by atoms with Crippen molar-refractivity contribution < 1.29 is 4.52 Å². The van der Waals surface area contributed by atoms with Gasteiger partial charge in [-0.05, 0) is 56.3 Å². The van der Waals surface area contributed by atoms with Gasteiger partial charge in [0.1, 0.15) is 0 Å². The van der Waals surface area contributed by atoms with Crippen LogP contribution in [0.4, 0.5) is 0 Å². The molecule has 1 aliphatic rings. The van der Waals surface area contributed by atoms with E-state index in [2.05, 4.69) is 20.1 Å². The molecule has 0 spiro atoms. The summed E-state index contributed by atoms with van der Waals surface area (Å²) in [6.45, 7) is 0.778. The van der Waals surface area contributed by atoms with Gasteiger partial charge in [0.25, 0.3) is 0 Å². The summed E-state index contributed by atoms with van der Waals surface area (Å²) in [6.07, 6.45) is 7.81. The molecule has 3 aromatic rings. The zero-order chi connectivity index (χ0) is 15.6. The molecular weight excluding hydrogens is 290 g/mol. The quantitative estimate of drug-likeness (QED) is 0.800. The minimum absolute atomic E-state index is 0.360. The summed E-state index contributed by atoms with van der Waals surface area (Å²) in [7, 11) is 0. The average Bonchev–Trinajstić information content (AvgIpc) is 3.11. The molecule has 0 atom stereocenters.